The molecule has 0 aliphatic rings. The maximum absolute atomic E-state index is 12.5. The second kappa shape index (κ2) is 8.53. The van der Waals surface area contributed by atoms with Gasteiger partial charge in [-0.25, -0.2) is 4.79 Å². The average molecular weight is 360 g/mol. The first-order chi connectivity index (χ1) is 11.9. The number of aryl methyl sites for hydroxylation is 1. The minimum Gasteiger partial charge on any atom is -0.352 e. The maximum Gasteiger partial charge on any atom is 0.312 e. The number of hydrogen-bond acceptors (Lipinski definition) is 2. The van der Waals surface area contributed by atoms with Crippen LogP contribution in [0.3, 0.4) is 0 Å². The predicted octanol–water partition coefficient (Wildman–Crippen LogP) is 3.63. The summed E-state index contributed by atoms with van der Waals surface area (Å²) in [6.07, 6.45) is 0.0859. The number of carbonyl (C=O) groups is 2. The zero-order valence-corrected chi connectivity index (χ0v) is 15.0. The van der Waals surface area contributed by atoms with Gasteiger partial charge in [-0.05, 0) is 36.6 Å². The minimum atomic E-state index is -0.666. The Morgan fingerprint density at radius 2 is 1.64 bits per heavy atom. The highest BCUT2D eigenvalue weighted by Crippen LogP contribution is 2.24. The molecule has 4 N–H and O–H groups in total. The number of nitrogens with two attached hydrogens (primary N) is 1. The summed E-state index contributed by atoms with van der Waals surface area (Å²) in [6.45, 7) is 3.79. The Morgan fingerprint density at radius 3 is 2.24 bits per heavy atom. The quantitative estimate of drug-likeness (QED) is 0.735. The van der Waals surface area contributed by atoms with Gasteiger partial charge in [-0.1, -0.05) is 54.1 Å². The molecule has 0 heterocycles. The van der Waals surface area contributed by atoms with Gasteiger partial charge < -0.3 is 16.4 Å². The van der Waals surface area contributed by atoms with Crippen LogP contribution in [0.1, 0.15) is 42.1 Å². The summed E-state index contributed by atoms with van der Waals surface area (Å²) >= 11 is 6.17. The number of hydrogen-bond donors (Lipinski definition) is 3. The van der Waals surface area contributed by atoms with E-state index in [9.17, 15) is 9.59 Å². The summed E-state index contributed by atoms with van der Waals surface area (Å²) in [5.41, 5.74) is 7.95. The fourth-order valence-electron chi connectivity index (χ4n) is 2.78. The van der Waals surface area contributed by atoms with E-state index in [1.807, 2.05) is 56.3 Å². The Bertz CT molecular complexity index is 764. The van der Waals surface area contributed by atoms with E-state index < -0.39 is 12.1 Å². The zero-order chi connectivity index (χ0) is 18.4. The van der Waals surface area contributed by atoms with Crippen LogP contribution in [0.25, 0.3) is 0 Å². The minimum absolute atomic E-state index is 0.0859. The monoisotopic (exact) mass is 359 g/mol. The van der Waals surface area contributed by atoms with E-state index in [1.165, 1.54) is 0 Å². The Labute approximate surface area is 152 Å². The van der Waals surface area contributed by atoms with Gasteiger partial charge in [0.25, 0.3) is 0 Å². The number of halogens is 1. The van der Waals surface area contributed by atoms with Gasteiger partial charge in [0.1, 0.15) is 0 Å². The third-order valence-corrected chi connectivity index (χ3v) is 4.36. The Morgan fingerprint density at radius 1 is 1.04 bits per heavy atom. The highest BCUT2D eigenvalue weighted by molar-refractivity contribution is 6.31. The van der Waals surface area contributed by atoms with Crippen LogP contribution in [-0.4, -0.2) is 11.9 Å². The van der Waals surface area contributed by atoms with E-state index >= 15 is 0 Å². The first-order valence-corrected chi connectivity index (χ1v) is 8.41. The molecule has 25 heavy (non-hydrogen) atoms. The van der Waals surface area contributed by atoms with Crippen molar-refractivity contribution in [1.29, 1.82) is 0 Å². The SMILES string of the molecule is Cc1ccccc1C(CC(=O)NC(C)c1ccccc1Cl)NC(N)=O. The molecule has 6 heteroatoms. The van der Waals surface area contributed by atoms with Crippen molar-refractivity contribution >= 4 is 23.5 Å². The van der Waals surface area contributed by atoms with Crippen LogP contribution in [-0.2, 0) is 4.79 Å². The molecule has 2 rings (SSSR count). The van der Waals surface area contributed by atoms with Crippen molar-refractivity contribution in [1.82, 2.24) is 10.6 Å². The standard InChI is InChI=1S/C19H22ClN3O2/c1-12-7-3-4-8-14(12)17(23-19(21)25)11-18(24)22-13(2)15-9-5-6-10-16(15)20/h3-10,13,17H,11H2,1-2H3,(H,22,24)(H3,21,23,25). The number of primary amides is 1. The van der Waals surface area contributed by atoms with Gasteiger partial charge in [-0.15, -0.1) is 0 Å². The van der Waals surface area contributed by atoms with Crippen molar-refractivity contribution in [3.63, 3.8) is 0 Å². The van der Waals surface area contributed by atoms with Gasteiger partial charge in [0.2, 0.25) is 5.91 Å². The van der Waals surface area contributed by atoms with Crippen molar-refractivity contribution < 1.29 is 9.59 Å². The summed E-state index contributed by atoms with van der Waals surface area (Å²) < 4.78 is 0. The molecule has 0 radical (unpaired) electrons. The van der Waals surface area contributed by atoms with E-state index in [0.29, 0.717) is 5.02 Å². The van der Waals surface area contributed by atoms with Gasteiger partial charge in [0, 0.05) is 5.02 Å². The van der Waals surface area contributed by atoms with Gasteiger partial charge in [0.05, 0.1) is 18.5 Å². The third kappa shape index (κ3) is 5.22. The Balaban J connectivity index is 2.11. The lowest BCUT2D eigenvalue weighted by molar-refractivity contribution is -0.122. The first-order valence-electron chi connectivity index (χ1n) is 8.03. The Hall–Kier alpha value is -2.53. The highest BCUT2D eigenvalue weighted by atomic mass is 35.5. The lowest BCUT2D eigenvalue weighted by Gasteiger charge is -2.21. The van der Waals surface area contributed by atoms with Crippen LogP contribution in [0, 0.1) is 6.92 Å². The summed E-state index contributed by atoms with van der Waals surface area (Å²) in [4.78, 5) is 23.8. The third-order valence-electron chi connectivity index (χ3n) is 4.02. The maximum atomic E-state index is 12.5. The van der Waals surface area contributed by atoms with Crippen molar-refractivity contribution in [3.8, 4) is 0 Å². The lowest BCUT2D eigenvalue weighted by atomic mass is 9.98. The molecule has 2 aromatic carbocycles. The molecule has 0 aliphatic heterocycles. The molecule has 0 saturated heterocycles. The average Bonchev–Trinajstić information content (AvgIpc) is 2.54. The number of carbonyl (C=O) groups excluding carboxylic acids is 2. The van der Waals surface area contributed by atoms with Gasteiger partial charge in [-0.2, -0.15) is 0 Å². The molecular formula is C19H22ClN3O2. The van der Waals surface area contributed by atoms with Crippen molar-refractivity contribution in [3.05, 3.63) is 70.2 Å². The number of amides is 3. The molecule has 132 valence electrons. The molecule has 2 atom stereocenters. The topological polar surface area (TPSA) is 84.2 Å². The number of rotatable bonds is 6. The molecule has 3 amide bonds. The summed E-state index contributed by atoms with van der Waals surface area (Å²) in [7, 11) is 0. The molecule has 0 fully saturated rings. The summed E-state index contributed by atoms with van der Waals surface area (Å²) in [5.74, 6) is -0.200. The second-order valence-electron chi connectivity index (χ2n) is 5.93. The molecule has 2 aromatic rings. The molecule has 0 bridgehead atoms. The fourth-order valence-corrected chi connectivity index (χ4v) is 3.08. The fraction of sp³-hybridized carbons (Fsp3) is 0.263. The largest absolute Gasteiger partial charge is 0.352 e. The molecule has 0 aromatic heterocycles. The van der Waals surface area contributed by atoms with Crippen LogP contribution in [0.15, 0.2) is 48.5 Å². The van der Waals surface area contributed by atoms with E-state index in [1.54, 1.807) is 6.07 Å². The van der Waals surface area contributed by atoms with Crippen molar-refractivity contribution in [2.75, 3.05) is 0 Å². The number of nitrogens with one attached hydrogen (secondary N) is 2. The molecule has 2 unspecified atom stereocenters. The van der Waals surface area contributed by atoms with Crippen LogP contribution < -0.4 is 16.4 Å². The van der Waals surface area contributed by atoms with Crippen LogP contribution in [0.4, 0.5) is 4.79 Å². The Kier molecular flexibility index (Phi) is 6.42. The lowest BCUT2D eigenvalue weighted by Crippen LogP contribution is -2.37. The number of benzene rings is 2. The van der Waals surface area contributed by atoms with Crippen molar-refractivity contribution in [2.24, 2.45) is 5.73 Å². The molecular weight excluding hydrogens is 338 g/mol. The van der Waals surface area contributed by atoms with Gasteiger partial charge in [-0.3, -0.25) is 4.79 Å². The first kappa shape index (κ1) is 18.8. The zero-order valence-electron chi connectivity index (χ0n) is 14.3. The van der Waals surface area contributed by atoms with E-state index in [-0.39, 0.29) is 18.4 Å². The number of urea groups is 1. The van der Waals surface area contributed by atoms with E-state index in [4.69, 9.17) is 17.3 Å². The molecule has 0 saturated carbocycles. The highest BCUT2D eigenvalue weighted by Gasteiger charge is 2.20. The normalized spacial score (nSPS) is 12.9. The van der Waals surface area contributed by atoms with Crippen LogP contribution in [0.2, 0.25) is 5.02 Å². The van der Waals surface area contributed by atoms with Gasteiger partial charge in [0.15, 0.2) is 0 Å². The summed E-state index contributed by atoms with van der Waals surface area (Å²) in [5, 5.41) is 6.16. The van der Waals surface area contributed by atoms with Gasteiger partial charge >= 0.3 is 6.03 Å². The molecule has 5 nitrogen and oxygen atoms in total. The second-order valence-corrected chi connectivity index (χ2v) is 6.34. The van der Waals surface area contributed by atoms with Crippen LogP contribution in [0.5, 0.6) is 0 Å². The van der Waals surface area contributed by atoms with E-state index in [0.717, 1.165) is 16.7 Å². The predicted molar refractivity (Wildman–Crippen MR) is 99.3 cm³/mol. The smallest absolute Gasteiger partial charge is 0.312 e. The van der Waals surface area contributed by atoms with Crippen LogP contribution >= 0.6 is 11.6 Å². The molecule has 0 aliphatic carbocycles. The van der Waals surface area contributed by atoms with Crippen molar-refractivity contribution in [2.45, 2.75) is 32.4 Å². The molecule has 0 spiro atoms. The summed E-state index contributed by atoms with van der Waals surface area (Å²) in [6, 6.07) is 13.5. The van der Waals surface area contributed by atoms with E-state index in [2.05, 4.69) is 10.6 Å².